The number of nitrogens with one attached hydrogen (secondary N) is 1. The van der Waals surface area contributed by atoms with Gasteiger partial charge in [0.2, 0.25) is 5.91 Å². The molecule has 1 aromatic heterocycles. The highest BCUT2D eigenvalue weighted by Gasteiger charge is 2.37. The molecule has 2 heterocycles. The van der Waals surface area contributed by atoms with Crippen molar-refractivity contribution in [3.8, 4) is 22.8 Å². The van der Waals surface area contributed by atoms with E-state index in [1.807, 2.05) is 18.2 Å². The number of aromatic hydroxyl groups is 2. The molecule has 7 nitrogen and oxygen atoms in total. The lowest BCUT2D eigenvalue weighted by Crippen LogP contribution is -2.43. The molecule has 9 heteroatoms. The van der Waals surface area contributed by atoms with Crippen LogP contribution in [0.3, 0.4) is 0 Å². The molecule has 1 saturated heterocycles. The first-order valence-corrected chi connectivity index (χ1v) is 10.6. The fourth-order valence-corrected chi connectivity index (χ4v) is 4.58. The number of carbonyl (C=O) groups excluding carboxylic acids is 1. The second kappa shape index (κ2) is 8.51. The Kier molecular flexibility index (Phi) is 5.80. The second-order valence-electron chi connectivity index (χ2n) is 7.12. The third-order valence-electron chi connectivity index (χ3n) is 4.93. The van der Waals surface area contributed by atoms with Gasteiger partial charge in [-0.1, -0.05) is 29.8 Å². The molecule has 0 radical (unpaired) electrons. The van der Waals surface area contributed by atoms with E-state index in [2.05, 4.69) is 10.3 Å². The first-order chi connectivity index (χ1) is 14.4. The SMILES string of the molecule is O=C(NCc1ccccc1Cl)[C@@H]1CC(O)CN1c1nc(-c2cc(O)cc(O)c2)cs1. The molecule has 4 rings (SSSR count). The molecule has 1 aliphatic rings. The van der Waals surface area contributed by atoms with Crippen LogP contribution in [0, 0.1) is 0 Å². The number of phenolic OH excluding ortho intramolecular Hbond substituents is 2. The summed E-state index contributed by atoms with van der Waals surface area (Å²) in [6, 6.07) is 11.0. The molecule has 1 aliphatic heterocycles. The lowest BCUT2D eigenvalue weighted by Gasteiger charge is -2.23. The van der Waals surface area contributed by atoms with Crippen LogP contribution in [-0.2, 0) is 11.3 Å². The topological polar surface area (TPSA) is 106 Å². The normalized spacial score (nSPS) is 18.5. The van der Waals surface area contributed by atoms with E-state index in [0.717, 1.165) is 5.56 Å². The van der Waals surface area contributed by atoms with Crippen molar-refractivity contribution in [1.82, 2.24) is 10.3 Å². The fourth-order valence-electron chi connectivity index (χ4n) is 3.49. The maximum absolute atomic E-state index is 12.8. The number of hydrogen-bond donors (Lipinski definition) is 4. The van der Waals surface area contributed by atoms with Crippen LogP contribution in [0.4, 0.5) is 5.13 Å². The molecule has 1 amide bonds. The van der Waals surface area contributed by atoms with E-state index in [0.29, 0.717) is 40.9 Å². The number of β-amino-alcohol motifs (C(OH)–C–C–N with tert-alkyl or cyclic N) is 1. The van der Waals surface area contributed by atoms with Gasteiger partial charge in [-0.15, -0.1) is 11.3 Å². The Labute approximate surface area is 182 Å². The van der Waals surface area contributed by atoms with Crippen molar-refractivity contribution >= 4 is 34.0 Å². The highest BCUT2D eigenvalue weighted by molar-refractivity contribution is 7.14. The van der Waals surface area contributed by atoms with E-state index in [1.165, 1.54) is 29.5 Å². The summed E-state index contributed by atoms with van der Waals surface area (Å²) < 4.78 is 0. The average molecular weight is 446 g/mol. The predicted molar refractivity (Wildman–Crippen MR) is 116 cm³/mol. The summed E-state index contributed by atoms with van der Waals surface area (Å²) in [4.78, 5) is 19.2. The molecule has 4 N–H and O–H groups in total. The number of benzene rings is 2. The van der Waals surface area contributed by atoms with Crippen LogP contribution in [0.2, 0.25) is 5.02 Å². The zero-order valence-electron chi connectivity index (χ0n) is 15.8. The lowest BCUT2D eigenvalue weighted by atomic mass is 10.1. The van der Waals surface area contributed by atoms with Crippen LogP contribution in [0.15, 0.2) is 47.8 Å². The maximum Gasteiger partial charge on any atom is 0.243 e. The number of phenols is 2. The number of anilines is 1. The molecule has 2 aromatic carbocycles. The Hall–Kier alpha value is -2.81. The van der Waals surface area contributed by atoms with Gasteiger partial charge in [0.15, 0.2) is 5.13 Å². The summed E-state index contributed by atoms with van der Waals surface area (Å²) >= 11 is 7.49. The molecular weight excluding hydrogens is 426 g/mol. The van der Waals surface area contributed by atoms with Crippen LogP contribution in [0.5, 0.6) is 11.5 Å². The van der Waals surface area contributed by atoms with E-state index in [1.54, 1.807) is 16.3 Å². The number of hydrogen-bond acceptors (Lipinski definition) is 7. The number of aliphatic hydroxyl groups is 1. The van der Waals surface area contributed by atoms with Crippen molar-refractivity contribution in [3.63, 3.8) is 0 Å². The molecule has 1 unspecified atom stereocenters. The van der Waals surface area contributed by atoms with Crippen LogP contribution < -0.4 is 10.2 Å². The van der Waals surface area contributed by atoms with Gasteiger partial charge >= 0.3 is 0 Å². The number of nitrogens with zero attached hydrogens (tertiary/aromatic N) is 2. The largest absolute Gasteiger partial charge is 0.508 e. The van der Waals surface area contributed by atoms with E-state index < -0.39 is 12.1 Å². The number of rotatable bonds is 5. The number of amides is 1. The molecule has 0 bridgehead atoms. The van der Waals surface area contributed by atoms with Crippen LogP contribution in [0.1, 0.15) is 12.0 Å². The van der Waals surface area contributed by atoms with Crippen molar-refractivity contribution in [1.29, 1.82) is 0 Å². The van der Waals surface area contributed by atoms with Gasteiger partial charge in [-0.3, -0.25) is 4.79 Å². The first-order valence-electron chi connectivity index (χ1n) is 9.35. The Morgan fingerprint density at radius 1 is 1.23 bits per heavy atom. The average Bonchev–Trinajstić information content (AvgIpc) is 3.33. The molecule has 3 aromatic rings. The number of carbonyl (C=O) groups is 1. The molecule has 1 fully saturated rings. The minimum absolute atomic E-state index is 0.0621. The van der Waals surface area contributed by atoms with Crippen molar-refractivity contribution in [2.45, 2.75) is 25.1 Å². The van der Waals surface area contributed by atoms with E-state index >= 15 is 0 Å². The third-order valence-corrected chi connectivity index (χ3v) is 6.18. The van der Waals surface area contributed by atoms with E-state index in [9.17, 15) is 20.1 Å². The summed E-state index contributed by atoms with van der Waals surface area (Å²) in [5, 5.41) is 35.4. The summed E-state index contributed by atoms with van der Waals surface area (Å²) in [5.41, 5.74) is 1.95. The summed E-state index contributed by atoms with van der Waals surface area (Å²) in [6.45, 7) is 0.590. The van der Waals surface area contributed by atoms with Crippen molar-refractivity contribution < 1.29 is 20.1 Å². The number of aromatic nitrogens is 1. The lowest BCUT2D eigenvalue weighted by molar-refractivity contribution is -0.122. The maximum atomic E-state index is 12.8. The zero-order valence-corrected chi connectivity index (χ0v) is 17.4. The quantitative estimate of drug-likeness (QED) is 0.481. The van der Waals surface area contributed by atoms with Crippen molar-refractivity contribution in [2.75, 3.05) is 11.4 Å². The van der Waals surface area contributed by atoms with Gasteiger partial charge in [0.1, 0.15) is 17.5 Å². The van der Waals surface area contributed by atoms with Gasteiger partial charge < -0.3 is 25.5 Å². The van der Waals surface area contributed by atoms with Crippen LogP contribution in [0.25, 0.3) is 11.3 Å². The Morgan fingerprint density at radius 3 is 2.70 bits per heavy atom. The molecule has 0 aliphatic carbocycles. The van der Waals surface area contributed by atoms with Crippen LogP contribution >= 0.6 is 22.9 Å². The van der Waals surface area contributed by atoms with E-state index in [-0.39, 0.29) is 17.4 Å². The molecule has 2 atom stereocenters. The Bertz CT molecular complexity index is 1050. The molecule has 0 spiro atoms. The number of aliphatic hydroxyl groups excluding tert-OH is 1. The third kappa shape index (κ3) is 4.35. The van der Waals surface area contributed by atoms with Gasteiger partial charge in [0.05, 0.1) is 11.8 Å². The molecule has 0 saturated carbocycles. The van der Waals surface area contributed by atoms with E-state index in [4.69, 9.17) is 11.6 Å². The summed E-state index contributed by atoms with van der Waals surface area (Å²) in [7, 11) is 0. The highest BCUT2D eigenvalue weighted by Crippen LogP contribution is 2.34. The minimum atomic E-state index is -0.641. The second-order valence-corrected chi connectivity index (χ2v) is 8.36. The standard InChI is InChI=1S/C21H20ClN3O4S/c22-17-4-2-1-3-12(17)9-23-20(29)19-8-16(28)10-25(19)21-24-18(11-30-21)13-5-14(26)7-15(27)6-13/h1-7,11,16,19,26-28H,8-10H2,(H,23,29)/t16?,19-/m0/s1. The Balaban J connectivity index is 1.51. The summed E-state index contributed by atoms with van der Waals surface area (Å²) in [6.07, 6.45) is -0.339. The Morgan fingerprint density at radius 2 is 1.97 bits per heavy atom. The van der Waals surface area contributed by atoms with Gasteiger partial charge in [0, 0.05) is 41.5 Å². The smallest absolute Gasteiger partial charge is 0.243 e. The molecular formula is C21H20ClN3O4S. The highest BCUT2D eigenvalue weighted by atomic mass is 35.5. The van der Waals surface area contributed by atoms with Gasteiger partial charge in [-0.05, 0) is 23.8 Å². The number of halogens is 1. The monoisotopic (exact) mass is 445 g/mol. The molecule has 156 valence electrons. The fraction of sp³-hybridized carbons (Fsp3) is 0.238. The number of thiazole rings is 1. The first kappa shape index (κ1) is 20.5. The van der Waals surface area contributed by atoms with Gasteiger partial charge in [-0.2, -0.15) is 0 Å². The predicted octanol–water partition coefficient (Wildman–Crippen LogP) is 3.13. The van der Waals surface area contributed by atoms with Gasteiger partial charge in [-0.25, -0.2) is 4.98 Å². The van der Waals surface area contributed by atoms with Gasteiger partial charge in [0.25, 0.3) is 0 Å². The van der Waals surface area contributed by atoms with Crippen LogP contribution in [-0.4, -0.2) is 44.9 Å². The minimum Gasteiger partial charge on any atom is -0.508 e. The zero-order chi connectivity index (χ0) is 21.3. The molecule has 30 heavy (non-hydrogen) atoms. The van der Waals surface area contributed by atoms with Crippen molar-refractivity contribution in [3.05, 3.63) is 58.4 Å². The summed E-state index contributed by atoms with van der Waals surface area (Å²) in [5.74, 6) is -0.334. The van der Waals surface area contributed by atoms with Crippen molar-refractivity contribution in [2.24, 2.45) is 0 Å².